The summed E-state index contributed by atoms with van der Waals surface area (Å²) in [5, 5.41) is 2.30. The van der Waals surface area contributed by atoms with E-state index in [1.807, 2.05) is 6.21 Å². The molecule has 0 N–H and O–H groups in total. The van der Waals surface area contributed by atoms with E-state index in [1.54, 1.807) is 0 Å². The molecule has 0 fully saturated rings. The van der Waals surface area contributed by atoms with Crippen molar-refractivity contribution in [3.63, 3.8) is 0 Å². The summed E-state index contributed by atoms with van der Waals surface area (Å²) >= 11 is 0. The Bertz CT molecular complexity index is 1130. The third-order valence-electron chi connectivity index (χ3n) is 6.41. The summed E-state index contributed by atoms with van der Waals surface area (Å²) in [5.41, 5.74) is 3.61. The molecule has 0 aromatic heterocycles. The van der Waals surface area contributed by atoms with Crippen molar-refractivity contribution in [3.8, 4) is 5.75 Å². The predicted octanol–water partition coefficient (Wildman–Crippen LogP) is 5.12. The highest BCUT2D eigenvalue weighted by Gasteiger charge is 2.58. The summed E-state index contributed by atoms with van der Waals surface area (Å²) < 4.78 is 6.84. The highest BCUT2D eigenvalue weighted by molar-refractivity contribution is 6.06. The summed E-state index contributed by atoms with van der Waals surface area (Å²) in [6.07, 6.45) is 2.00. The van der Waals surface area contributed by atoms with E-state index in [1.165, 1.54) is 16.6 Å². The minimum absolute atomic E-state index is 0.247. The van der Waals surface area contributed by atoms with E-state index in [0.29, 0.717) is 0 Å². The van der Waals surface area contributed by atoms with Crippen LogP contribution in [-0.2, 0) is 5.41 Å². The van der Waals surface area contributed by atoms with Gasteiger partial charge in [-0.25, -0.2) is 0 Å². The van der Waals surface area contributed by atoms with Gasteiger partial charge < -0.3 is 14.5 Å². The lowest BCUT2D eigenvalue weighted by Crippen LogP contribution is -2.61. The van der Waals surface area contributed by atoms with Gasteiger partial charge >= 0.3 is 0 Å². The molecule has 142 valence electrons. The maximum absolute atomic E-state index is 6.84. The molecular weight excluding hydrogens is 346 g/mol. The molecule has 0 aliphatic carbocycles. The van der Waals surface area contributed by atoms with Gasteiger partial charge in [-0.15, -0.1) is 0 Å². The van der Waals surface area contributed by atoms with E-state index in [4.69, 9.17) is 9.73 Å². The van der Waals surface area contributed by atoms with Crippen LogP contribution in [0.2, 0.25) is 0 Å². The van der Waals surface area contributed by atoms with Crippen LogP contribution in [-0.4, -0.2) is 33.1 Å². The standard InChI is InChI=1S/C24H25N3O/c1-23(2)18-12-8-9-13-19(18)27(5)24(23)15-25-22-17-11-7-6-10-16(17)20(26(3)4)14-21(22)28-24/h6-15H,1-5H3. The fourth-order valence-electron chi connectivity index (χ4n) is 4.77. The smallest absolute Gasteiger partial charge is 0.228 e. The summed E-state index contributed by atoms with van der Waals surface area (Å²) in [6.45, 7) is 4.47. The zero-order valence-corrected chi connectivity index (χ0v) is 17.0. The lowest BCUT2D eigenvalue weighted by atomic mass is 9.77. The van der Waals surface area contributed by atoms with Crippen LogP contribution >= 0.6 is 0 Å². The van der Waals surface area contributed by atoms with Crippen LogP contribution in [0.4, 0.5) is 17.1 Å². The number of fused-ring (bicyclic) bond motifs is 4. The van der Waals surface area contributed by atoms with Crippen LogP contribution in [0.1, 0.15) is 19.4 Å². The van der Waals surface area contributed by atoms with Crippen molar-refractivity contribution in [1.82, 2.24) is 0 Å². The molecule has 0 saturated heterocycles. The maximum Gasteiger partial charge on any atom is 0.228 e. The minimum Gasteiger partial charge on any atom is -0.459 e. The first-order valence-electron chi connectivity index (χ1n) is 9.67. The summed E-state index contributed by atoms with van der Waals surface area (Å²) in [5.74, 6) is 0.831. The Labute approximate surface area is 166 Å². The minimum atomic E-state index is -0.657. The fraction of sp³-hybridized carbons (Fsp3) is 0.292. The molecule has 0 saturated carbocycles. The van der Waals surface area contributed by atoms with Gasteiger partial charge in [0.1, 0.15) is 5.69 Å². The van der Waals surface area contributed by atoms with E-state index in [9.17, 15) is 0 Å². The van der Waals surface area contributed by atoms with Crippen LogP contribution in [0.5, 0.6) is 5.75 Å². The zero-order chi connectivity index (χ0) is 19.7. The van der Waals surface area contributed by atoms with E-state index >= 15 is 0 Å². The SMILES string of the molecule is CN(C)c1cc2c(c3ccccc13)N=CC1(O2)N(C)c2ccccc2C1(C)C. The number of nitrogens with zero attached hydrogens (tertiary/aromatic N) is 3. The Balaban J connectivity index is 1.74. The Kier molecular flexibility index (Phi) is 3.36. The first-order chi connectivity index (χ1) is 13.4. The number of benzene rings is 3. The highest BCUT2D eigenvalue weighted by atomic mass is 16.5. The molecule has 1 unspecified atom stereocenters. The van der Waals surface area contributed by atoms with Gasteiger partial charge in [0.15, 0.2) is 5.75 Å². The molecule has 4 nitrogen and oxygen atoms in total. The fourth-order valence-corrected chi connectivity index (χ4v) is 4.77. The van der Waals surface area contributed by atoms with Crippen LogP contribution in [0.25, 0.3) is 10.8 Å². The summed E-state index contributed by atoms with van der Waals surface area (Å²) in [6, 6.07) is 19.1. The number of aliphatic imine (C=N–C) groups is 1. The Morgan fingerprint density at radius 3 is 2.36 bits per heavy atom. The average molecular weight is 371 g/mol. The van der Waals surface area contributed by atoms with Crippen molar-refractivity contribution >= 4 is 34.0 Å². The molecule has 2 aliphatic rings. The third kappa shape index (κ3) is 1.98. The molecular formula is C24H25N3O. The van der Waals surface area contributed by atoms with Gasteiger partial charge in [0.2, 0.25) is 5.72 Å². The zero-order valence-electron chi connectivity index (χ0n) is 17.0. The van der Waals surface area contributed by atoms with E-state index in [-0.39, 0.29) is 5.41 Å². The van der Waals surface area contributed by atoms with Gasteiger partial charge in [-0.3, -0.25) is 4.99 Å². The number of anilines is 2. The molecule has 0 radical (unpaired) electrons. The molecule has 1 spiro atoms. The van der Waals surface area contributed by atoms with Gasteiger partial charge in [0.05, 0.1) is 11.6 Å². The van der Waals surface area contributed by atoms with E-state index in [2.05, 4.69) is 99.4 Å². The number of hydrogen-bond donors (Lipinski definition) is 0. The Hall–Kier alpha value is -3.01. The molecule has 2 aliphatic heterocycles. The molecule has 3 aromatic rings. The van der Waals surface area contributed by atoms with Crippen molar-refractivity contribution in [2.45, 2.75) is 25.0 Å². The molecule has 0 bridgehead atoms. The Morgan fingerprint density at radius 1 is 0.964 bits per heavy atom. The predicted molar refractivity (Wildman–Crippen MR) is 118 cm³/mol. The van der Waals surface area contributed by atoms with Crippen LogP contribution in [0, 0.1) is 0 Å². The number of para-hydroxylation sites is 1. The normalized spacial score (nSPS) is 21.5. The second-order valence-corrected chi connectivity index (χ2v) is 8.44. The second-order valence-electron chi connectivity index (χ2n) is 8.44. The lowest BCUT2D eigenvalue weighted by molar-refractivity contribution is 0.0827. The Morgan fingerprint density at radius 2 is 1.64 bits per heavy atom. The van der Waals surface area contributed by atoms with Gasteiger partial charge in [0, 0.05) is 49.4 Å². The number of rotatable bonds is 1. The van der Waals surface area contributed by atoms with Crippen LogP contribution in [0.15, 0.2) is 59.6 Å². The van der Waals surface area contributed by atoms with Gasteiger partial charge in [0.25, 0.3) is 0 Å². The summed E-state index contributed by atoms with van der Waals surface area (Å²) in [7, 11) is 6.23. The van der Waals surface area contributed by atoms with Crippen molar-refractivity contribution in [3.05, 3.63) is 60.2 Å². The molecule has 28 heavy (non-hydrogen) atoms. The average Bonchev–Trinajstić information content (AvgIpc) is 2.86. The number of hydrogen-bond acceptors (Lipinski definition) is 4. The monoisotopic (exact) mass is 371 g/mol. The van der Waals surface area contributed by atoms with Crippen LogP contribution < -0.4 is 14.5 Å². The second kappa shape index (κ2) is 5.51. The van der Waals surface area contributed by atoms with Gasteiger partial charge in [-0.05, 0) is 25.5 Å². The topological polar surface area (TPSA) is 28.1 Å². The van der Waals surface area contributed by atoms with Crippen molar-refractivity contribution in [2.75, 3.05) is 30.9 Å². The van der Waals surface area contributed by atoms with Gasteiger partial charge in [-0.1, -0.05) is 42.5 Å². The van der Waals surface area contributed by atoms with Crippen molar-refractivity contribution in [1.29, 1.82) is 0 Å². The lowest BCUT2D eigenvalue weighted by Gasteiger charge is -2.45. The maximum atomic E-state index is 6.84. The summed E-state index contributed by atoms with van der Waals surface area (Å²) in [4.78, 5) is 9.33. The van der Waals surface area contributed by atoms with Crippen molar-refractivity contribution in [2.24, 2.45) is 4.99 Å². The van der Waals surface area contributed by atoms with E-state index < -0.39 is 5.72 Å². The molecule has 1 atom stereocenters. The first-order valence-corrected chi connectivity index (χ1v) is 9.67. The molecule has 5 rings (SSSR count). The van der Waals surface area contributed by atoms with E-state index in [0.717, 1.165) is 22.5 Å². The molecule has 0 amide bonds. The van der Waals surface area contributed by atoms with Gasteiger partial charge in [-0.2, -0.15) is 0 Å². The molecule has 3 aromatic carbocycles. The van der Waals surface area contributed by atoms with Crippen molar-refractivity contribution < 1.29 is 4.74 Å². The number of likely N-dealkylation sites (N-methyl/N-ethyl adjacent to an activating group) is 1. The quantitative estimate of drug-likeness (QED) is 0.594. The highest BCUT2D eigenvalue weighted by Crippen LogP contribution is 2.54. The third-order valence-corrected chi connectivity index (χ3v) is 6.41. The number of ether oxygens (including phenoxy) is 1. The van der Waals surface area contributed by atoms with Crippen LogP contribution in [0.3, 0.4) is 0 Å². The molecule has 2 heterocycles. The largest absolute Gasteiger partial charge is 0.459 e. The molecule has 4 heteroatoms. The first kappa shape index (κ1) is 17.1.